The van der Waals surface area contributed by atoms with Gasteiger partial charge in [0.05, 0.1) is 36.1 Å². The predicted octanol–water partition coefficient (Wildman–Crippen LogP) is 5.63. The molecule has 0 atom stereocenters. The summed E-state index contributed by atoms with van der Waals surface area (Å²) in [5.74, 6) is 0. The highest BCUT2D eigenvalue weighted by molar-refractivity contribution is 5.89. The second-order valence-electron chi connectivity index (χ2n) is 10.9. The van der Waals surface area contributed by atoms with Gasteiger partial charge in [-0.2, -0.15) is 13.2 Å². The molecule has 37 heavy (non-hydrogen) atoms. The summed E-state index contributed by atoms with van der Waals surface area (Å²) >= 11 is 0. The lowest BCUT2D eigenvalue weighted by Crippen LogP contribution is -2.60. The van der Waals surface area contributed by atoms with E-state index in [4.69, 9.17) is 0 Å². The van der Waals surface area contributed by atoms with Crippen molar-refractivity contribution in [1.29, 1.82) is 0 Å². The Bertz CT molecular complexity index is 1010. The van der Waals surface area contributed by atoms with Crippen molar-refractivity contribution in [2.75, 3.05) is 19.6 Å². The molecule has 6 nitrogen and oxygen atoms in total. The maximum Gasteiger partial charge on any atom is 0.432 e. The first kappa shape index (κ1) is 27.6. The topological polar surface area (TPSA) is 68.2 Å². The van der Waals surface area contributed by atoms with Gasteiger partial charge in [-0.1, -0.05) is 37.8 Å². The zero-order valence-electron chi connectivity index (χ0n) is 21.9. The fourth-order valence-electron chi connectivity index (χ4n) is 6.23. The monoisotopic (exact) mass is 520 g/mol. The SMILES string of the molecule is C=C(N=C/C(=C\C)N1CC2(CCC(NCC)(C3=CCCC=C3)CC2)N(CC2(O)CCC2)C1=O)C(F)(F)F. The van der Waals surface area contributed by atoms with E-state index in [1.165, 1.54) is 10.5 Å². The van der Waals surface area contributed by atoms with Crippen LogP contribution in [-0.4, -0.2) is 69.6 Å². The van der Waals surface area contributed by atoms with E-state index in [2.05, 4.69) is 42.0 Å². The van der Waals surface area contributed by atoms with Crippen LogP contribution in [0.25, 0.3) is 0 Å². The number of nitrogens with zero attached hydrogens (tertiary/aromatic N) is 3. The molecule has 0 aromatic heterocycles. The van der Waals surface area contributed by atoms with Gasteiger partial charge in [0.25, 0.3) is 0 Å². The molecule has 2 saturated carbocycles. The van der Waals surface area contributed by atoms with Crippen molar-refractivity contribution in [2.45, 2.75) is 94.5 Å². The van der Waals surface area contributed by atoms with Crippen LogP contribution in [0.15, 0.2) is 52.8 Å². The number of hydrogen-bond acceptors (Lipinski definition) is 4. The van der Waals surface area contributed by atoms with Gasteiger partial charge in [0.2, 0.25) is 0 Å². The summed E-state index contributed by atoms with van der Waals surface area (Å²) in [6.07, 6.45) is 12.2. The first-order valence-corrected chi connectivity index (χ1v) is 13.4. The number of rotatable bonds is 8. The van der Waals surface area contributed by atoms with E-state index >= 15 is 0 Å². The molecule has 1 aliphatic heterocycles. The zero-order chi connectivity index (χ0) is 26.9. The number of carbonyl (C=O) groups excluding carboxylic acids is 1. The molecular weight excluding hydrogens is 481 g/mol. The van der Waals surface area contributed by atoms with Crippen LogP contribution in [-0.2, 0) is 0 Å². The molecule has 1 spiro atoms. The summed E-state index contributed by atoms with van der Waals surface area (Å²) in [7, 11) is 0. The van der Waals surface area contributed by atoms with E-state index in [-0.39, 0.29) is 18.1 Å². The average Bonchev–Trinajstić information content (AvgIpc) is 3.11. The second kappa shape index (κ2) is 10.4. The minimum atomic E-state index is -4.63. The number of urea groups is 1. The highest BCUT2D eigenvalue weighted by Gasteiger charge is 2.56. The Labute approximate surface area is 217 Å². The molecule has 4 rings (SSSR count). The molecule has 204 valence electrons. The van der Waals surface area contributed by atoms with Crippen LogP contribution in [0.2, 0.25) is 0 Å². The van der Waals surface area contributed by atoms with Crippen molar-refractivity contribution in [3.63, 3.8) is 0 Å². The number of β-amino-alcohol motifs (C(OH)–C–C–N with tert-alkyl or cyclic N) is 1. The molecular formula is C28H39F3N4O2. The molecule has 0 aromatic rings. The zero-order valence-corrected chi connectivity index (χ0v) is 21.9. The largest absolute Gasteiger partial charge is 0.432 e. The van der Waals surface area contributed by atoms with E-state index in [0.29, 0.717) is 25.1 Å². The second-order valence-corrected chi connectivity index (χ2v) is 10.9. The van der Waals surface area contributed by atoms with Crippen LogP contribution < -0.4 is 5.32 Å². The van der Waals surface area contributed by atoms with Crippen molar-refractivity contribution >= 4 is 12.2 Å². The van der Waals surface area contributed by atoms with Crippen LogP contribution in [0.4, 0.5) is 18.0 Å². The van der Waals surface area contributed by atoms with Crippen molar-refractivity contribution in [1.82, 2.24) is 15.1 Å². The van der Waals surface area contributed by atoms with Gasteiger partial charge in [-0.3, -0.25) is 9.89 Å². The van der Waals surface area contributed by atoms with E-state index in [9.17, 15) is 23.1 Å². The maximum atomic E-state index is 13.8. The molecule has 9 heteroatoms. The summed E-state index contributed by atoms with van der Waals surface area (Å²) < 4.78 is 38.9. The summed E-state index contributed by atoms with van der Waals surface area (Å²) in [5, 5.41) is 14.7. The first-order chi connectivity index (χ1) is 17.5. The number of hydrogen-bond donors (Lipinski definition) is 2. The lowest BCUT2D eigenvalue weighted by molar-refractivity contribution is -0.0918. The summed E-state index contributed by atoms with van der Waals surface area (Å²) in [4.78, 5) is 20.6. The van der Waals surface area contributed by atoms with Gasteiger partial charge in [-0.25, -0.2) is 4.79 Å². The van der Waals surface area contributed by atoms with Crippen LogP contribution in [0.1, 0.15) is 71.6 Å². The standard InChI is InChI=1S/C28H39F3N4O2/c1-4-23(18-32-21(3)28(29,30)31)34-19-25(35(24(34)36)20-26(37)12-9-13-26)14-16-27(17-15-25,33-5-2)22-10-7-6-8-11-22/h4,7,10-11,18,33,37H,3,5-6,8-9,12-17,19-20H2,1-2H3/b23-4+,32-18?. The molecule has 4 aliphatic rings. The Morgan fingerprint density at radius 2 is 1.92 bits per heavy atom. The Morgan fingerprint density at radius 1 is 1.22 bits per heavy atom. The van der Waals surface area contributed by atoms with Gasteiger partial charge < -0.3 is 15.3 Å². The molecule has 2 N–H and O–H groups in total. The first-order valence-electron chi connectivity index (χ1n) is 13.4. The number of likely N-dealkylation sites (N-methyl/N-ethyl adjacent to an activating group) is 1. The number of halogens is 3. The highest BCUT2D eigenvalue weighted by atomic mass is 19.4. The van der Waals surface area contributed by atoms with Crippen molar-refractivity contribution in [3.8, 4) is 0 Å². The molecule has 0 aromatic carbocycles. The predicted molar refractivity (Wildman–Crippen MR) is 139 cm³/mol. The van der Waals surface area contributed by atoms with Crippen molar-refractivity contribution in [2.24, 2.45) is 4.99 Å². The van der Waals surface area contributed by atoms with Crippen molar-refractivity contribution < 1.29 is 23.1 Å². The fraction of sp³-hybridized carbons (Fsp3) is 0.643. The lowest BCUT2D eigenvalue weighted by Gasteiger charge is -2.51. The highest BCUT2D eigenvalue weighted by Crippen LogP contribution is 2.48. The van der Waals surface area contributed by atoms with Crippen LogP contribution in [0.3, 0.4) is 0 Å². The minimum Gasteiger partial charge on any atom is -0.388 e. The minimum absolute atomic E-state index is 0.165. The number of allylic oxidation sites excluding steroid dienone is 5. The average molecular weight is 521 g/mol. The third-order valence-corrected chi connectivity index (χ3v) is 8.61. The quantitative estimate of drug-likeness (QED) is 0.408. The normalized spacial score (nSPS) is 30.3. The Morgan fingerprint density at radius 3 is 2.43 bits per heavy atom. The number of carbonyl (C=O) groups is 1. The van der Waals surface area contributed by atoms with E-state index in [1.54, 1.807) is 13.0 Å². The van der Waals surface area contributed by atoms with Gasteiger partial charge >= 0.3 is 12.2 Å². The van der Waals surface area contributed by atoms with Gasteiger partial charge in [-0.05, 0) is 76.8 Å². The summed E-state index contributed by atoms with van der Waals surface area (Å²) in [5.41, 5.74) is -1.19. The number of amides is 2. The van der Waals surface area contributed by atoms with Gasteiger partial charge in [0.1, 0.15) is 5.70 Å². The Kier molecular flexibility index (Phi) is 7.77. The van der Waals surface area contributed by atoms with Gasteiger partial charge in [-0.15, -0.1) is 0 Å². The van der Waals surface area contributed by atoms with Gasteiger partial charge in [0, 0.05) is 5.54 Å². The Hall–Kier alpha value is -2.39. The number of alkyl halides is 3. The molecule has 3 aliphatic carbocycles. The van der Waals surface area contributed by atoms with E-state index in [1.807, 2.05) is 4.90 Å². The molecule has 2 amide bonds. The molecule has 3 fully saturated rings. The molecule has 0 radical (unpaired) electrons. The van der Waals surface area contributed by atoms with Gasteiger partial charge in [0.15, 0.2) is 0 Å². The van der Waals surface area contributed by atoms with Crippen molar-refractivity contribution in [3.05, 3.63) is 47.9 Å². The molecule has 0 unspecified atom stereocenters. The molecule has 0 bridgehead atoms. The lowest BCUT2D eigenvalue weighted by atomic mass is 9.67. The van der Waals surface area contributed by atoms with E-state index in [0.717, 1.165) is 57.7 Å². The third-order valence-electron chi connectivity index (χ3n) is 8.61. The number of aliphatic hydroxyl groups is 1. The number of nitrogens with one attached hydrogen (secondary N) is 1. The smallest absolute Gasteiger partial charge is 0.388 e. The Balaban J connectivity index is 1.61. The van der Waals surface area contributed by atoms with Crippen LogP contribution >= 0.6 is 0 Å². The third kappa shape index (κ3) is 5.43. The summed E-state index contributed by atoms with van der Waals surface area (Å²) in [6, 6.07) is -0.287. The molecule has 1 heterocycles. The van der Waals surface area contributed by atoms with E-state index < -0.39 is 23.0 Å². The molecule has 1 saturated heterocycles. The van der Waals surface area contributed by atoms with Crippen LogP contribution in [0.5, 0.6) is 0 Å². The van der Waals surface area contributed by atoms with Crippen LogP contribution in [0, 0.1) is 0 Å². The number of aliphatic imine (C=N–C) groups is 1. The fourth-order valence-corrected chi connectivity index (χ4v) is 6.23. The summed E-state index contributed by atoms with van der Waals surface area (Å²) in [6.45, 7) is 8.21. The maximum absolute atomic E-state index is 13.8.